The van der Waals surface area contributed by atoms with Crippen LogP contribution in [0.25, 0.3) is 10.2 Å². The van der Waals surface area contributed by atoms with E-state index in [0.29, 0.717) is 23.2 Å². The molecule has 0 N–H and O–H groups in total. The van der Waals surface area contributed by atoms with Crippen molar-refractivity contribution in [2.75, 3.05) is 12.4 Å². The summed E-state index contributed by atoms with van der Waals surface area (Å²) < 4.78 is 16.9. The van der Waals surface area contributed by atoms with Gasteiger partial charge in [-0.3, -0.25) is 0 Å². The highest BCUT2D eigenvalue weighted by molar-refractivity contribution is 8.01. The van der Waals surface area contributed by atoms with Crippen LogP contribution in [0.3, 0.4) is 0 Å². The number of hydrogen-bond donors (Lipinski definition) is 0. The predicted molar refractivity (Wildman–Crippen MR) is 122 cm³/mol. The number of aromatic nitrogens is 3. The van der Waals surface area contributed by atoms with E-state index in [9.17, 15) is 0 Å². The molecule has 0 saturated carbocycles. The van der Waals surface area contributed by atoms with E-state index in [1.54, 1.807) is 47.8 Å². The van der Waals surface area contributed by atoms with Crippen molar-refractivity contribution in [2.45, 2.75) is 22.8 Å². The van der Waals surface area contributed by atoms with E-state index < -0.39 is 5.79 Å². The minimum atomic E-state index is -0.999. The van der Waals surface area contributed by atoms with Crippen molar-refractivity contribution >= 4 is 56.5 Å². The lowest BCUT2D eigenvalue weighted by Crippen LogP contribution is -2.34. The molecule has 0 bridgehead atoms. The molecule has 1 aliphatic rings. The van der Waals surface area contributed by atoms with Gasteiger partial charge in [0, 0.05) is 28.7 Å². The molecule has 154 valence electrons. The van der Waals surface area contributed by atoms with Crippen LogP contribution >= 0.6 is 46.3 Å². The van der Waals surface area contributed by atoms with E-state index in [0.717, 1.165) is 21.2 Å². The molecule has 9 heteroatoms. The Morgan fingerprint density at radius 3 is 2.93 bits per heavy atom. The summed E-state index contributed by atoms with van der Waals surface area (Å²) in [5, 5.41) is 1.09. The summed E-state index contributed by atoms with van der Waals surface area (Å²) in [4.78, 5) is 8.82. The molecule has 3 heterocycles. The first-order valence-corrected chi connectivity index (χ1v) is 11.9. The fourth-order valence-corrected chi connectivity index (χ4v) is 6.07. The Morgan fingerprint density at radius 2 is 2.13 bits per heavy atom. The van der Waals surface area contributed by atoms with Gasteiger partial charge < -0.3 is 14.0 Å². The summed E-state index contributed by atoms with van der Waals surface area (Å²) in [7, 11) is 0. The Hall–Kier alpha value is -1.61. The summed E-state index contributed by atoms with van der Waals surface area (Å²) in [6, 6.07) is 13.5. The molecule has 2 aromatic heterocycles. The number of rotatable bonds is 6. The number of thioether (sulfide) groups is 1. The van der Waals surface area contributed by atoms with Crippen molar-refractivity contribution in [1.82, 2.24) is 14.5 Å². The number of nitrogens with zero attached hydrogens (tertiary/aromatic N) is 3. The minimum absolute atomic E-state index is 0.0997. The fraction of sp³-hybridized carbons (Fsp3) is 0.238. The number of thiazole rings is 1. The largest absolute Gasteiger partial charge is 0.342 e. The van der Waals surface area contributed by atoms with E-state index in [1.807, 2.05) is 35.0 Å². The number of hydrogen-bond acceptors (Lipinski definition) is 6. The number of ether oxygens (including phenoxy) is 2. The fourth-order valence-electron chi connectivity index (χ4n) is 3.45. The van der Waals surface area contributed by atoms with E-state index in [2.05, 4.69) is 16.0 Å². The van der Waals surface area contributed by atoms with Crippen LogP contribution in [0.15, 0.2) is 65.5 Å². The molecule has 2 unspecified atom stereocenters. The van der Waals surface area contributed by atoms with Crippen molar-refractivity contribution in [1.29, 1.82) is 0 Å². The van der Waals surface area contributed by atoms with Crippen molar-refractivity contribution < 1.29 is 9.47 Å². The zero-order valence-electron chi connectivity index (χ0n) is 15.7. The van der Waals surface area contributed by atoms with Crippen molar-refractivity contribution in [3.8, 4) is 0 Å². The zero-order chi connectivity index (χ0) is 20.6. The number of halogens is 2. The summed E-state index contributed by atoms with van der Waals surface area (Å²) in [6.45, 7) is 0.905. The molecule has 0 radical (unpaired) electrons. The quantitative estimate of drug-likeness (QED) is 0.325. The van der Waals surface area contributed by atoms with Gasteiger partial charge in [-0.25, -0.2) is 9.97 Å². The van der Waals surface area contributed by atoms with Crippen LogP contribution in [0.1, 0.15) is 5.56 Å². The molecule has 1 fully saturated rings. The maximum Gasteiger partial charge on any atom is 0.215 e. The van der Waals surface area contributed by atoms with Crippen LogP contribution in [0, 0.1) is 0 Å². The van der Waals surface area contributed by atoms with Crippen LogP contribution < -0.4 is 0 Å². The smallest absolute Gasteiger partial charge is 0.215 e. The molecule has 5 nitrogen and oxygen atoms in total. The minimum Gasteiger partial charge on any atom is -0.342 e. The third-order valence-corrected chi connectivity index (χ3v) is 7.68. The Balaban J connectivity index is 1.36. The third-order valence-electron chi connectivity index (χ3n) is 4.82. The first kappa shape index (κ1) is 20.3. The molecular weight excluding hydrogens is 461 g/mol. The van der Waals surface area contributed by atoms with Crippen molar-refractivity contribution in [2.24, 2.45) is 0 Å². The van der Waals surface area contributed by atoms with Gasteiger partial charge >= 0.3 is 0 Å². The Morgan fingerprint density at radius 1 is 1.23 bits per heavy atom. The first-order valence-electron chi connectivity index (χ1n) is 9.33. The van der Waals surface area contributed by atoms with Gasteiger partial charge in [-0.1, -0.05) is 53.2 Å². The van der Waals surface area contributed by atoms with Gasteiger partial charge in [-0.05, 0) is 24.3 Å². The topological polar surface area (TPSA) is 49.2 Å². The lowest BCUT2D eigenvalue weighted by Gasteiger charge is -2.30. The van der Waals surface area contributed by atoms with E-state index >= 15 is 0 Å². The second kappa shape index (κ2) is 8.49. The second-order valence-corrected chi connectivity index (χ2v) is 10.1. The Labute approximate surface area is 192 Å². The van der Waals surface area contributed by atoms with Gasteiger partial charge in [0.05, 0.1) is 40.8 Å². The normalized spacial score (nSPS) is 21.5. The summed E-state index contributed by atoms with van der Waals surface area (Å²) in [5.74, 6) is -0.266. The predicted octanol–water partition coefficient (Wildman–Crippen LogP) is 5.86. The average molecular weight is 478 g/mol. The number of para-hydroxylation sites is 1. The lowest BCUT2D eigenvalue weighted by atomic mass is 10.1. The van der Waals surface area contributed by atoms with Gasteiger partial charge in [0.1, 0.15) is 0 Å². The molecule has 0 amide bonds. The van der Waals surface area contributed by atoms with Crippen molar-refractivity contribution in [3.05, 3.63) is 76.8 Å². The van der Waals surface area contributed by atoms with Crippen LogP contribution in [0.5, 0.6) is 0 Å². The zero-order valence-corrected chi connectivity index (χ0v) is 18.8. The van der Waals surface area contributed by atoms with Crippen LogP contribution in [-0.2, 0) is 21.8 Å². The molecule has 30 heavy (non-hydrogen) atoms. The van der Waals surface area contributed by atoms with Crippen LogP contribution in [-0.4, -0.2) is 33.0 Å². The third kappa shape index (κ3) is 4.10. The molecule has 2 atom stereocenters. The monoisotopic (exact) mass is 477 g/mol. The Kier molecular flexibility index (Phi) is 5.75. The maximum atomic E-state index is 6.52. The number of imidazole rings is 1. The summed E-state index contributed by atoms with van der Waals surface area (Å²) in [5.41, 5.74) is 1.78. The summed E-state index contributed by atoms with van der Waals surface area (Å²) in [6.07, 6.45) is 5.24. The second-order valence-electron chi connectivity index (χ2n) is 6.92. The van der Waals surface area contributed by atoms with Gasteiger partial charge in [0.2, 0.25) is 5.79 Å². The highest BCUT2D eigenvalue weighted by Crippen LogP contribution is 2.42. The number of benzene rings is 2. The van der Waals surface area contributed by atoms with Crippen molar-refractivity contribution in [3.63, 3.8) is 0 Å². The molecular formula is C21H17Cl2N3O2S2. The SMILES string of the molecule is Clc1ccc(C2(Cn3ccnc3)OCC(CSc3nc4ccccc4s3)O2)c(Cl)c1. The lowest BCUT2D eigenvalue weighted by molar-refractivity contribution is -0.184. The Bertz CT molecular complexity index is 1140. The van der Waals surface area contributed by atoms with Gasteiger partial charge in [-0.2, -0.15) is 0 Å². The van der Waals surface area contributed by atoms with Crippen LogP contribution in [0.4, 0.5) is 0 Å². The van der Waals surface area contributed by atoms with Gasteiger partial charge in [-0.15, -0.1) is 11.3 Å². The molecule has 1 aliphatic heterocycles. The maximum absolute atomic E-state index is 6.52. The standard InChI is InChI=1S/C21H17Cl2N3O2S2/c22-14-5-6-16(17(23)9-14)21(12-26-8-7-24-13-26)27-10-15(28-21)11-29-20-25-18-3-1-2-4-19(18)30-20/h1-9,13,15H,10-12H2. The first-order chi connectivity index (χ1) is 14.6. The molecule has 0 aliphatic carbocycles. The van der Waals surface area contributed by atoms with Crippen LogP contribution in [0.2, 0.25) is 10.0 Å². The van der Waals surface area contributed by atoms with E-state index in [1.165, 1.54) is 4.70 Å². The average Bonchev–Trinajstić information content (AvgIpc) is 3.46. The molecule has 2 aromatic carbocycles. The summed E-state index contributed by atoms with van der Waals surface area (Å²) >= 11 is 16.0. The van der Waals surface area contributed by atoms with E-state index in [-0.39, 0.29) is 6.10 Å². The van der Waals surface area contributed by atoms with E-state index in [4.69, 9.17) is 32.7 Å². The van der Waals surface area contributed by atoms with Gasteiger partial charge in [0.15, 0.2) is 4.34 Å². The number of fused-ring (bicyclic) bond motifs is 1. The molecule has 5 rings (SSSR count). The molecule has 1 saturated heterocycles. The molecule has 0 spiro atoms. The highest BCUT2D eigenvalue weighted by Gasteiger charge is 2.45. The highest BCUT2D eigenvalue weighted by atomic mass is 35.5. The van der Waals surface area contributed by atoms with Gasteiger partial charge in [0.25, 0.3) is 0 Å². The molecule has 4 aromatic rings.